The summed E-state index contributed by atoms with van der Waals surface area (Å²) < 4.78 is 17.9. The van der Waals surface area contributed by atoms with Crippen molar-refractivity contribution in [1.29, 1.82) is 0 Å². The van der Waals surface area contributed by atoms with E-state index in [0.717, 1.165) is 5.56 Å². The summed E-state index contributed by atoms with van der Waals surface area (Å²) in [6.45, 7) is 0.397. The van der Waals surface area contributed by atoms with Crippen LogP contribution in [0.15, 0.2) is 42.6 Å². The molecule has 1 aromatic heterocycles. The summed E-state index contributed by atoms with van der Waals surface area (Å²) in [7, 11) is 1.52. The molecule has 3 rings (SSSR count). The van der Waals surface area contributed by atoms with Crippen LogP contribution < -0.4 is 20.7 Å². The SMILES string of the molecule is COc1ccc([C@@H]2CNC(=O)[C@H]2NC(=O)Nc2ccc(F)cc2)cn1. The zero-order valence-corrected chi connectivity index (χ0v) is 13.5. The van der Waals surface area contributed by atoms with Gasteiger partial charge in [0.1, 0.15) is 11.9 Å². The number of urea groups is 1. The fourth-order valence-electron chi connectivity index (χ4n) is 2.67. The number of benzene rings is 1. The molecule has 0 bridgehead atoms. The molecule has 2 atom stereocenters. The molecular weight excluding hydrogens is 327 g/mol. The molecule has 2 aromatic rings. The standard InChI is InChI=1S/C17H17FN4O3/c1-25-14-7-2-10(8-19-14)13-9-20-16(23)15(13)22-17(24)21-12-5-3-11(18)4-6-12/h2-8,13,15H,9H2,1H3,(H,20,23)(H2,21,22,24)/t13-,15-/m0/s1. The monoisotopic (exact) mass is 344 g/mol. The van der Waals surface area contributed by atoms with Crippen molar-refractivity contribution in [3.8, 4) is 5.88 Å². The Balaban J connectivity index is 1.68. The second-order valence-electron chi connectivity index (χ2n) is 5.57. The number of halogens is 1. The average molecular weight is 344 g/mol. The zero-order valence-electron chi connectivity index (χ0n) is 13.5. The Hall–Kier alpha value is -3.16. The van der Waals surface area contributed by atoms with Gasteiger partial charge in [-0.05, 0) is 29.8 Å². The molecule has 0 radical (unpaired) electrons. The lowest BCUT2D eigenvalue weighted by Gasteiger charge is -2.19. The van der Waals surface area contributed by atoms with Crippen LogP contribution in [-0.2, 0) is 4.79 Å². The predicted molar refractivity (Wildman–Crippen MR) is 88.9 cm³/mol. The molecule has 1 aromatic carbocycles. The average Bonchev–Trinajstić information content (AvgIpc) is 2.98. The van der Waals surface area contributed by atoms with Gasteiger partial charge < -0.3 is 20.7 Å². The van der Waals surface area contributed by atoms with E-state index < -0.39 is 17.9 Å². The number of anilines is 1. The largest absolute Gasteiger partial charge is 0.481 e. The Morgan fingerprint density at radius 1 is 1.28 bits per heavy atom. The van der Waals surface area contributed by atoms with Gasteiger partial charge in [-0.2, -0.15) is 0 Å². The smallest absolute Gasteiger partial charge is 0.319 e. The molecule has 1 saturated heterocycles. The van der Waals surface area contributed by atoms with Gasteiger partial charge in [0, 0.05) is 30.4 Å². The number of ether oxygens (including phenoxy) is 1. The second-order valence-corrected chi connectivity index (χ2v) is 5.57. The van der Waals surface area contributed by atoms with Crippen LogP contribution in [0.25, 0.3) is 0 Å². The maximum atomic E-state index is 12.9. The van der Waals surface area contributed by atoms with Gasteiger partial charge in [-0.1, -0.05) is 6.07 Å². The van der Waals surface area contributed by atoms with Gasteiger partial charge >= 0.3 is 6.03 Å². The van der Waals surface area contributed by atoms with E-state index in [-0.39, 0.29) is 11.8 Å². The minimum absolute atomic E-state index is 0.245. The number of carbonyl (C=O) groups excluding carboxylic acids is 2. The third-order valence-corrected chi connectivity index (χ3v) is 3.97. The second kappa shape index (κ2) is 7.16. The van der Waals surface area contributed by atoms with Gasteiger partial charge in [0.15, 0.2) is 0 Å². The van der Waals surface area contributed by atoms with Crippen molar-refractivity contribution >= 4 is 17.6 Å². The molecule has 130 valence electrons. The fraction of sp³-hybridized carbons (Fsp3) is 0.235. The van der Waals surface area contributed by atoms with E-state index in [9.17, 15) is 14.0 Å². The third-order valence-electron chi connectivity index (χ3n) is 3.97. The first-order valence-corrected chi connectivity index (χ1v) is 7.67. The minimum Gasteiger partial charge on any atom is -0.481 e. The molecule has 1 aliphatic rings. The lowest BCUT2D eigenvalue weighted by Crippen LogP contribution is -2.44. The first-order valence-electron chi connectivity index (χ1n) is 7.67. The summed E-state index contributed by atoms with van der Waals surface area (Å²) in [5, 5.41) is 7.96. The van der Waals surface area contributed by atoms with Crippen molar-refractivity contribution in [3.63, 3.8) is 0 Å². The van der Waals surface area contributed by atoms with Crippen LogP contribution in [0, 0.1) is 5.82 Å². The summed E-state index contributed by atoms with van der Waals surface area (Å²) in [5.74, 6) is -0.437. The highest BCUT2D eigenvalue weighted by Gasteiger charge is 2.37. The normalized spacial score (nSPS) is 19.2. The van der Waals surface area contributed by atoms with Gasteiger partial charge in [-0.3, -0.25) is 4.79 Å². The van der Waals surface area contributed by atoms with Crippen LogP contribution in [-0.4, -0.2) is 36.6 Å². The fourth-order valence-corrected chi connectivity index (χ4v) is 2.67. The van der Waals surface area contributed by atoms with Crippen LogP contribution in [0.4, 0.5) is 14.9 Å². The van der Waals surface area contributed by atoms with Gasteiger partial charge in [-0.15, -0.1) is 0 Å². The van der Waals surface area contributed by atoms with Crippen LogP contribution >= 0.6 is 0 Å². The summed E-state index contributed by atoms with van der Waals surface area (Å²) in [4.78, 5) is 28.3. The molecule has 3 amide bonds. The van der Waals surface area contributed by atoms with Crippen molar-refractivity contribution in [3.05, 3.63) is 54.0 Å². The van der Waals surface area contributed by atoms with Crippen LogP contribution in [0.2, 0.25) is 0 Å². The topological polar surface area (TPSA) is 92.4 Å². The first kappa shape index (κ1) is 16.7. The van der Waals surface area contributed by atoms with E-state index in [4.69, 9.17) is 4.74 Å². The van der Waals surface area contributed by atoms with E-state index in [0.29, 0.717) is 18.1 Å². The highest BCUT2D eigenvalue weighted by atomic mass is 19.1. The third kappa shape index (κ3) is 3.85. The minimum atomic E-state index is -0.726. The van der Waals surface area contributed by atoms with E-state index in [1.807, 2.05) is 6.07 Å². The Bertz CT molecular complexity index is 764. The van der Waals surface area contributed by atoms with Crippen molar-refractivity contribution in [1.82, 2.24) is 15.6 Å². The van der Waals surface area contributed by atoms with Gasteiger partial charge in [0.2, 0.25) is 11.8 Å². The van der Waals surface area contributed by atoms with Crippen molar-refractivity contribution in [2.24, 2.45) is 0 Å². The Kier molecular flexibility index (Phi) is 4.78. The molecule has 0 spiro atoms. The molecule has 25 heavy (non-hydrogen) atoms. The van der Waals surface area contributed by atoms with Gasteiger partial charge in [0.25, 0.3) is 0 Å². The number of aromatic nitrogens is 1. The molecular formula is C17H17FN4O3. The molecule has 0 aliphatic carbocycles. The van der Waals surface area contributed by atoms with Gasteiger partial charge in [-0.25, -0.2) is 14.2 Å². The number of methoxy groups -OCH3 is 1. The maximum absolute atomic E-state index is 12.9. The maximum Gasteiger partial charge on any atom is 0.319 e. The van der Waals surface area contributed by atoms with Crippen LogP contribution in [0.5, 0.6) is 5.88 Å². The highest BCUT2D eigenvalue weighted by molar-refractivity contribution is 5.95. The van der Waals surface area contributed by atoms with Crippen molar-refractivity contribution in [2.75, 3.05) is 19.0 Å². The lowest BCUT2D eigenvalue weighted by molar-refractivity contribution is -0.120. The molecule has 1 aliphatic heterocycles. The summed E-state index contributed by atoms with van der Waals surface area (Å²) >= 11 is 0. The molecule has 0 unspecified atom stereocenters. The number of carbonyl (C=O) groups is 2. The van der Waals surface area contributed by atoms with Crippen molar-refractivity contribution < 1.29 is 18.7 Å². The number of hydrogen-bond donors (Lipinski definition) is 3. The summed E-state index contributed by atoms with van der Waals surface area (Å²) in [6.07, 6.45) is 1.62. The van der Waals surface area contributed by atoms with Crippen LogP contribution in [0.1, 0.15) is 11.5 Å². The number of hydrogen-bond acceptors (Lipinski definition) is 4. The summed E-state index contributed by atoms with van der Waals surface area (Å²) in [5.41, 5.74) is 1.24. The Morgan fingerprint density at radius 3 is 2.68 bits per heavy atom. The first-order chi connectivity index (χ1) is 12.1. The lowest BCUT2D eigenvalue weighted by atomic mass is 9.95. The zero-order chi connectivity index (χ0) is 17.8. The number of nitrogens with one attached hydrogen (secondary N) is 3. The Labute approximate surface area is 143 Å². The Morgan fingerprint density at radius 2 is 2.04 bits per heavy atom. The van der Waals surface area contributed by atoms with E-state index in [1.165, 1.54) is 31.4 Å². The number of rotatable bonds is 4. The molecule has 3 N–H and O–H groups in total. The van der Waals surface area contributed by atoms with E-state index >= 15 is 0 Å². The molecule has 8 heteroatoms. The van der Waals surface area contributed by atoms with Gasteiger partial charge in [0.05, 0.1) is 7.11 Å². The molecule has 2 heterocycles. The quantitative estimate of drug-likeness (QED) is 0.786. The number of amides is 3. The van der Waals surface area contributed by atoms with E-state index in [2.05, 4.69) is 20.9 Å². The molecule has 7 nitrogen and oxygen atoms in total. The summed E-state index contributed by atoms with van der Waals surface area (Å²) in [6, 6.07) is 7.60. The van der Waals surface area contributed by atoms with E-state index in [1.54, 1.807) is 12.3 Å². The van der Waals surface area contributed by atoms with Crippen molar-refractivity contribution in [2.45, 2.75) is 12.0 Å². The highest BCUT2D eigenvalue weighted by Crippen LogP contribution is 2.24. The van der Waals surface area contributed by atoms with Crippen LogP contribution in [0.3, 0.4) is 0 Å². The molecule has 0 saturated carbocycles. The number of nitrogens with zero attached hydrogens (tertiary/aromatic N) is 1. The predicted octanol–water partition coefficient (Wildman–Crippen LogP) is 1.63. The number of pyridine rings is 1. The molecule has 1 fully saturated rings.